The monoisotopic (exact) mass is 469 g/mol. The van der Waals surface area contributed by atoms with E-state index in [1.165, 1.54) is 0 Å². The Kier molecular flexibility index (Phi) is 10.6. The molecule has 2 aliphatic heterocycles. The highest BCUT2D eigenvalue weighted by Crippen LogP contribution is 2.39. The number of ether oxygens (including phenoxy) is 3. The number of nitrogens with zero attached hydrogens (tertiary/aromatic N) is 2. The number of carbonyl (C=O) groups excluding carboxylic acids is 2. The number of hydrogen-bond donors (Lipinski definition) is 1. The van der Waals surface area contributed by atoms with Crippen molar-refractivity contribution in [2.75, 3.05) is 46.9 Å². The summed E-state index contributed by atoms with van der Waals surface area (Å²) in [6.07, 6.45) is 5.05. The lowest BCUT2D eigenvalue weighted by atomic mass is 9.87. The predicted molar refractivity (Wildman–Crippen MR) is 129 cm³/mol. The van der Waals surface area contributed by atoms with Crippen molar-refractivity contribution < 1.29 is 23.8 Å². The number of nitrogens with one attached hydrogen (secondary N) is 1. The zero-order valence-corrected chi connectivity index (χ0v) is 21.9. The Morgan fingerprint density at radius 2 is 1.52 bits per heavy atom. The normalized spacial score (nSPS) is 26.5. The third-order valence-corrected chi connectivity index (χ3v) is 6.32. The summed E-state index contributed by atoms with van der Waals surface area (Å²) in [6.45, 7) is 13.5. The summed E-state index contributed by atoms with van der Waals surface area (Å²) in [5.41, 5.74) is -0.580. The lowest BCUT2D eigenvalue weighted by Gasteiger charge is -2.54. The molecule has 2 saturated heterocycles. The standard InChI is InChI=1S/C23H40N2O5.C2H7N/c1-6-28-20(26)18-9-11-19(12-10-18)29-23(24-13-7-8-14-24,25-15-17(2)16-25)21(27)30-22(3,4)5;1-3-2/h17-19H,6-16H2,1-5H3;3H,1-2H3. The topological polar surface area (TPSA) is 80.3 Å². The fraction of sp³-hybridized carbons (Fsp3) is 0.920. The van der Waals surface area contributed by atoms with Crippen molar-refractivity contribution in [1.29, 1.82) is 0 Å². The van der Waals surface area contributed by atoms with Gasteiger partial charge in [-0.25, -0.2) is 4.79 Å². The molecule has 8 nitrogen and oxygen atoms in total. The fourth-order valence-electron chi connectivity index (χ4n) is 4.88. The van der Waals surface area contributed by atoms with Gasteiger partial charge in [0.15, 0.2) is 0 Å². The molecule has 3 rings (SSSR count). The van der Waals surface area contributed by atoms with Crippen LogP contribution >= 0.6 is 0 Å². The summed E-state index contributed by atoms with van der Waals surface area (Å²) in [7, 11) is 3.75. The summed E-state index contributed by atoms with van der Waals surface area (Å²) >= 11 is 0. The second-order valence-corrected chi connectivity index (χ2v) is 10.7. The van der Waals surface area contributed by atoms with Gasteiger partial charge in [-0.2, -0.15) is 0 Å². The third-order valence-electron chi connectivity index (χ3n) is 6.32. The van der Waals surface area contributed by atoms with E-state index in [1.807, 2.05) is 41.8 Å². The van der Waals surface area contributed by atoms with Gasteiger partial charge in [-0.05, 0) is 86.2 Å². The van der Waals surface area contributed by atoms with Gasteiger partial charge in [0.2, 0.25) is 0 Å². The van der Waals surface area contributed by atoms with Crippen LogP contribution in [0.3, 0.4) is 0 Å². The number of rotatable bonds is 7. The maximum Gasteiger partial charge on any atom is 0.371 e. The minimum atomic E-state index is -1.16. The van der Waals surface area contributed by atoms with Crippen LogP contribution in [-0.2, 0) is 23.8 Å². The van der Waals surface area contributed by atoms with E-state index in [-0.39, 0.29) is 24.0 Å². The Hall–Kier alpha value is -1.22. The van der Waals surface area contributed by atoms with Gasteiger partial charge in [-0.1, -0.05) is 6.92 Å². The first-order valence-corrected chi connectivity index (χ1v) is 12.7. The predicted octanol–water partition coefficient (Wildman–Crippen LogP) is 3.00. The molecule has 0 aromatic heterocycles. The van der Waals surface area contributed by atoms with E-state index >= 15 is 0 Å². The van der Waals surface area contributed by atoms with Gasteiger partial charge in [-0.15, -0.1) is 0 Å². The van der Waals surface area contributed by atoms with Crippen molar-refractivity contribution in [1.82, 2.24) is 15.1 Å². The molecule has 1 atom stereocenters. The van der Waals surface area contributed by atoms with Crippen LogP contribution in [0.15, 0.2) is 0 Å². The van der Waals surface area contributed by atoms with Crippen LogP contribution in [0.2, 0.25) is 0 Å². The largest absolute Gasteiger partial charge is 0.466 e. The molecule has 0 amide bonds. The van der Waals surface area contributed by atoms with E-state index in [0.29, 0.717) is 12.5 Å². The molecule has 1 unspecified atom stereocenters. The first-order chi connectivity index (χ1) is 15.6. The Balaban J connectivity index is 0.00000122. The Morgan fingerprint density at radius 3 is 1.97 bits per heavy atom. The highest BCUT2D eigenvalue weighted by molar-refractivity contribution is 5.79. The van der Waals surface area contributed by atoms with Crippen LogP contribution in [0.25, 0.3) is 0 Å². The van der Waals surface area contributed by atoms with Gasteiger partial charge in [0.05, 0.1) is 18.6 Å². The maximum atomic E-state index is 13.6. The fourth-order valence-corrected chi connectivity index (χ4v) is 4.88. The molecule has 1 aliphatic carbocycles. The molecule has 3 aliphatic rings. The Labute approximate surface area is 200 Å². The molecule has 33 heavy (non-hydrogen) atoms. The van der Waals surface area contributed by atoms with Gasteiger partial charge < -0.3 is 19.5 Å². The number of hydrogen-bond acceptors (Lipinski definition) is 8. The lowest BCUT2D eigenvalue weighted by molar-refractivity contribution is -0.293. The summed E-state index contributed by atoms with van der Waals surface area (Å²) < 4.78 is 17.9. The van der Waals surface area contributed by atoms with E-state index in [0.717, 1.165) is 64.7 Å². The highest BCUT2D eigenvalue weighted by atomic mass is 16.6. The SMILES string of the molecule is CCOC(=O)C1CCC(OC(C(=O)OC(C)(C)C)(N2CCCC2)N2CC(C)C2)CC1.CNC. The molecule has 1 N–H and O–H groups in total. The smallest absolute Gasteiger partial charge is 0.371 e. The van der Waals surface area contributed by atoms with Gasteiger partial charge in [0.1, 0.15) is 5.60 Å². The Morgan fingerprint density at radius 1 is 0.970 bits per heavy atom. The minimum absolute atomic E-state index is 0.0588. The van der Waals surface area contributed by atoms with Crippen LogP contribution < -0.4 is 5.32 Å². The molecule has 2 heterocycles. The molecule has 0 aromatic rings. The van der Waals surface area contributed by atoms with Crippen molar-refractivity contribution in [3.05, 3.63) is 0 Å². The first kappa shape index (κ1) is 28.0. The van der Waals surface area contributed by atoms with E-state index in [9.17, 15) is 9.59 Å². The quantitative estimate of drug-likeness (QED) is 0.570. The van der Waals surface area contributed by atoms with Crippen LogP contribution in [-0.4, -0.2) is 86.2 Å². The molecule has 0 bridgehead atoms. The van der Waals surface area contributed by atoms with Gasteiger partial charge in [-0.3, -0.25) is 14.6 Å². The molecule has 8 heteroatoms. The molecular weight excluding hydrogens is 422 g/mol. The van der Waals surface area contributed by atoms with Crippen LogP contribution in [0.4, 0.5) is 0 Å². The summed E-state index contributed by atoms with van der Waals surface area (Å²) in [4.78, 5) is 30.1. The molecule has 1 saturated carbocycles. The lowest BCUT2D eigenvalue weighted by Crippen LogP contribution is -2.73. The van der Waals surface area contributed by atoms with Crippen molar-refractivity contribution in [2.45, 2.75) is 90.7 Å². The van der Waals surface area contributed by atoms with Crippen LogP contribution in [0.5, 0.6) is 0 Å². The van der Waals surface area contributed by atoms with Crippen molar-refractivity contribution in [3.8, 4) is 0 Å². The molecule has 192 valence electrons. The molecule has 0 aromatic carbocycles. The summed E-state index contributed by atoms with van der Waals surface area (Å²) in [5.74, 6) is -1.08. The molecule has 0 radical (unpaired) electrons. The van der Waals surface area contributed by atoms with Gasteiger partial charge in [0, 0.05) is 26.2 Å². The van der Waals surface area contributed by atoms with E-state index in [2.05, 4.69) is 22.0 Å². The number of esters is 2. The third kappa shape index (κ3) is 7.38. The van der Waals surface area contributed by atoms with Gasteiger partial charge in [0.25, 0.3) is 5.85 Å². The second kappa shape index (κ2) is 12.5. The zero-order valence-electron chi connectivity index (χ0n) is 21.9. The van der Waals surface area contributed by atoms with E-state index < -0.39 is 11.4 Å². The van der Waals surface area contributed by atoms with Crippen molar-refractivity contribution >= 4 is 11.9 Å². The second-order valence-electron chi connectivity index (χ2n) is 10.7. The maximum absolute atomic E-state index is 13.6. The first-order valence-electron chi connectivity index (χ1n) is 12.7. The van der Waals surface area contributed by atoms with Crippen LogP contribution in [0.1, 0.15) is 73.1 Å². The molecule has 3 fully saturated rings. The van der Waals surface area contributed by atoms with Gasteiger partial charge >= 0.3 is 11.9 Å². The average molecular weight is 470 g/mol. The van der Waals surface area contributed by atoms with Crippen LogP contribution in [0, 0.1) is 11.8 Å². The summed E-state index contributed by atoms with van der Waals surface area (Å²) in [6, 6.07) is 0. The number of carbonyl (C=O) groups is 2. The minimum Gasteiger partial charge on any atom is -0.466 e. The zero-order chi connectivity index (χ0) is 24.6. The highest BCUT2D eigenvalue weighted by Gasteiger charge is 2.57. The van der Waals surface area contributed by atoms with Crippen molar-refractivity contribution in [3.63, 3.8) is 0 Å². The van der Waals surface area contributed by atoms with E-state index in [1.54, 1.807) is 0 Å². The van der Waals surface area contributed by atoms with E-state index in [4.69, 9.17) is 14.2 Å². The van der Waals surface area contributed by atoms with Crippen molar-refractivity contribution in [2.24, 2.45) is 11.8 Å². The average Bonchev–Trinajstić information content (AvgIpc) is 3.25. The molecular formula is C25H47N3O5. The Bertz CT molecular complexity index is 618. The number of likely N-dealkylation sites (tertiary alicyclic amines) is 2. The summed E-state index contributed by atoms with van der Waals surface area (Å²) in [5, 5.41) is 2.75. The molecule has 0 spiro atoms.